The molecule has 0 radical (unpaired) electrons. The number of rotatable bonds is 2. The van der Waals surface area contributed by atoms with Crippen LogP contribution in [0.4, 0.5) is 5.69 Å². The average Bonchev–Trinajstić information content (AvgIpc) is 2.98. The molecule has 1 fully saturated rings. The Balaban J connectivity index is 0.00000196. The van der Waals surface area contributed by atoms with Crippen LogP contribution < -0.4 is 4.90 Å². The monoisotopic (exact) mass is 426 g/mol. The molecule has 26 heavy (non-hydrogen) atoms. The second-order valence-electron chi connectivity index (χ2n) is 6.00. The predicted octanol–water partition coefficient (Wildman–Crippen LogP) is 5.59. The molecule has 0 spiro atoms. The fourth-order valence-corrected chi connectivity index (χ4v) is 4.88. The number of benzene rings is 2. The SMILES string of the molecule is Cl.O=C(c1sc2cc(Cl)ccc2c1Cl)N1CCN(c2ccccc2)CC1. The van der Waals surface area contributed by atoms with Crippen LogP contribution in [0.3, 0.4) is 0 Å². The highest BCUT2D eigenvalue weighted by Gasteiger charge is 2.26. The minimum absolute atomic E-state index is 0. The van der Waals surface area contributed by atoms with Crippen molar-refractivity contribution in [1.29, 1.82) is 0 Å². The van der Waals surface area contributed by atoms with E-state index in [9.17, 15) is 4.79 Å². The number of nitrogens with zero attached hydrogens (tertiary/aromatic N) is 2. The lowest BCUT2D eigenvalue weighted by atomic mass is 10.2. The average molecular weight is 428 g/mol. The Morgan fingerprint density at radius 3 is 2.35 bits per heavy atom. The Bertz CT molecular complexity index is 921. The Hall–Kier alpha value is -1.46. The normalized spacial score (nSPS) is 14.4. The first kappa shape index (κ1) is 19.3. The summed E-state index contributed by atoms with van der Waals surface area (Å²) in [5.41, 5.74) is 1.20. The molecule has 0 atom stereocenters. The Kier molecular flexibility index (Phi) is 5.98. The van der Waals surface area contributed by atoms with Crippen molar-refractivity contribution in [2.24, 2.45) is 0 Å². The number of piperazine rings is 1. The number of amides is 1. The van der Waals surface area contributed by atoms with Gasteiger partial charge in [0.1, 0.15) is 4.88 Å². The first-order valence-electron chi connectivity index (χ1n) is 8.10. The van der Waals surface area contributed by atoms with E-state index >= 15 is 0 Å². The summed E-state index contributed by atoms with van der Waals surface area (Å²) in [5, 5.41) is 2.08. The fourth-order valence-electron chi connectivity index (χ4n) is 3.13. The third-order valence-corrected chi connectivity index (χ3v) is 6.35. The van der Waals surface area contributed by atoms with Crippen molar-refractivity contribution in [2.75, 3.05) is 31.1 Å². The van der Waals surface area contributed by atoms with Gasteiger partial charge in [0, 0.05) is 47.0 Å². The molecule has 1 aromatic heterocycles. The molecule has 136 valence electrons. The van der Waals surface area contributed by atoms with E-state index in [0.29, 0.717) is 28.0 Å². The highest BCUT2D eigenvalue weighted by molar-refractivity contribution is 7.21. The Morgan fingerprint density at radius 2 is 1.65 bits per heavy atom. The van der Waals surface area contributed by atoms with Crippen molar-refractivity contribution in [3.05, 3.63) is 63.5 Å². The van der Waals surface area contributed by atoms with E-state index in [0.717, 1.165) is 23.2 Å². The highest BCUT2D eigenvalue weighted by Crippen LogP contribution is 2.37. The molecule has 0 unspecified atom stereocenters. The molecule has 1 aliphatic heterocycles. The van der Waals surface area contributed by atoms with Gasteiger partial charge in [0.05, 0.1) is 5.02 Å². The van der Waals surface area contributed by atoms with Gasteiger partial charge in [0.15, 0.2) is 0 Å². The number of thiophene rings is 1. The molecule has 4 rings (SSSR count). The zero-order chi connectivity index (χ0) is 17.4. The smallest absolute Gasteiger partial charge is 0.265 e. The van der Waals surface area contributed by atoms with Gasteiger partial charge in [-0.1, -0.05) is 47.5 Å². The van der Waals surface area contributed by atoms with Crippen LogP contribution >= 0.6 is 46.9 Å². The van der Waals surface area contributed by atoms with Crippen LogP contribution in [0.15, 0.2) is 48.5 Å². The van der Waals surface area contributed by atoms with Crippen molar-refractivity contribution in [1.82, 2.24) is 4.90 Å². The van der Waals surface area contributed by atoms with Crippen molar-refractivity contribution < 1.29 is 4.79 Å². The third-order valence-electron chi connectivity index (χ3n) is 4.47. The second kappa shape index (κ2) is 8.05. The van der Waals surface area contributed by atoms with E-state index < -0.39 is 0 Å². The number of halogens is 3. The number of fused-ring (bicyclic) bond motifs is 1. The molecule has 2 heterocycles. The van der Waals surface area contributed by atoms with Gasteiger partial charge in [0.2, 0.25) is 0 Å². The van der Waals surface area contributed by atoms with Gasteiger partial charge >= 0.3 is 0 Å². The van der Waals surface area contributed by atoms with E-state index in [1.165, 1.54) is 17.0 Å². The number of para-hydroxylation sites is 1. The van der Waals surface area contributed by atoms with Crippen LogP contribution in [0.1, 0.15) is 9.67 Å². The lowest BCUT2D eigenvalue weighted by Gasteiger charge is -2.36. The van der Waals surface area contributed by atoms with Gasteiger partial charge in [-0.2, -0.15) is 0 Å². The number of hydrogen-bond donors (Lipinski definition) is 0. The van der Waals surface area contributed by atoms with Gasteiger partial charge in [-0.15, -0.1) is 23.7 Å². The van der Waals surface area contributed by atoms with Gasteiger partial charge < -0.3 is 9.80 Å². The largest absolute Gasteiger partial charge is 0.368 e. The van der Waals surface area contributed by atoms with Crippen molar-refractivity contribution in [3.63, 3.8) is 0 Å². The molecule has 1 amide bonds. The lowest BCUT2D eigenvalue weighted by molar-refractivity contribution is 0.0752. The molecular weight excluding hydrogens is 411 g/mol. The minimum Gasteiger partial charge on any atom is -0.368 e. The summed E-state index contributed by atoms with van der Waals surface area (Å²) in [6, 6.07) is 15.8. The molecule has 1 aliphatic rings. The summed E-state index contributed by atoms with van der Waals surface area (Å²) in [6.45, 7) is 3.03. The zero-order valence-electron chi connectivity index (χ0n) is 13.8. The number of carbonyl (C=O) groups is 1. The van der Waals surface area contributed by atoms with Crippen LogP contribution in [0.25, 0.3) is 10.1 Å². The first-order valence-corrected chi connectivity index (χ1v) is 9.67. The number of anilines is 1. The molecule has 0 N–H and O–H groups in total. The number of hydrogen-bond acceptors (Lipinski definition) is 3. The van der Waals surface area contributed by atoms with E-state index in [4.69, 9.17) is 23.2 Å². The summed E-state index contributed by atoms with van der Waals surface area (Å²) in [4.78, 5) is 17.7. The van der Waals surface area contributed by atoms with Crippen molar-refractivity contribution >= 4 is 68.6 Å². The van der Waals surface area contributed by atoms with E-state index in [-0.39, 0.29) is 18.3 Å². The van der Waals surface area contributed by atoms with Crippen molar-refractivity contribution in [3.8, 4) is 0 Å². The maximum Gasteiger partial charge on any atom is 0.265 e. The maximum absolute atomic E-state index is 12.9. The summed E-state index contributed by atoms with van der Waals surface area (Å²) >= 11 is 13.9. The predicted molar refractivity (Wildman–Crippen MR) is 114 cm³/mol. The van der Waals surface area contributed by atoms with E-state index in [1.807, 2.05) is 35.2 Å². The number of carbonyl (C=O) groups excluding carboxylic acids is 1. The summed E-state index contributed by atoms with van der Waals surface area (Å²) in [5.74, 6) is 0.00929. The summed E-state index contributed by atoms with van der Waals surface area (Å²) in [7, 11) is 0. The molecule has 3 nitrogen and oxygen atoms in total. The zero-order valence-corrected chi connectivity index (χ0v) is 17.0. The van der Waals surface area contributed by atoms with Crippen LogP contribution in [0, 0.1) is 0 Å². The summed E-state index contributed by atoms with van der Waals surface area (Å²) < 4.78 is 0.948. The lowest BCUT2D eigenvalue weighted by Crippen LogP contribution is -2.48. The highest BCUT2D eigenvalue weighted by atomic mass is 35.5. The molecule has 3 aromatic rings. The van der Waals surface area contributed by atoms with Crippen LogP contribution in [-0.4, -0.2) is 37.0 Å². The van der Waals surface area contributed by atoms with Gasteiger partial charge in [0.25, 0.3) is 5.91 Å². The maximum atomic E-state index is 12.9. The minimum atomic E-state index is 0. The Labute approximate surface area is 172 Å². The molecule has 0 bridgehead atoms. The molecule has 0 aliphatic carbocycles. The quantitative estimate of drug-likeness (QED) is 0.532. The Morgan fingerprint density at radius 1 is 0.962 bits per heavy atom. The van der Waals surface area contributed by atoms with Crippen LogP contribution in [0.5, 0.6) is 0 Å². The molecule has 0 saturated carbocycles. The van der Waals surface area contributed by atoms with E-state index in [1.54, 1.807) is 6.07 Å². The van der Waals surface area contributed by atoms with Gasteiger partial charge in [-0.05, 0) is 24.3 Å². The second-order valence-corrected chi connectivity index (χ2v) is 7.87. The van der Waals surface area contributed by atoms with Crippen molar-refractivity contribution in [2.45, 2.75) is 0 Å². The van der Waals surface area contributed by atoms with Gasteiger partial charge in [-0.3, -0.25) is 4.79 Å². The third kappa shape index (κ3) is 3.65. The van der Waals surface area contributed by atoms with Crippen LogP contribution in [-0.2, 0) is 0 Å². The van der Waals surface area contributed by atoms with Gasteiger partial charge in [-0.25, -0.2) is 0 Å². The first-order chi connectivity index (χ1) is 12.1. The molecule has 2 aromatic carbocycles. The molecule has 1 saturated heterocycles. The molecule has 7 heteroatoms. The standard InChI is InChI=1S/C19H16Cl2N2OS.ClH/c20-13-6-7-15-16(12-13)25-18(17(15)21)19(24)23-10-8-22(9-11-23)14-4-2-1-3-5-14;/h1-7,12H,8-11H2;1H. The topological polar surface area (TPSA) is 23.6 Å². The molecular formula is C19H17Cl3N2OS. The van der Waals surface area contributed by atoms with Crippen LogP contribution in [0.2, 0.25) is 10.0 Å². The van der Waals surface area contributed by atoms with E-state index in [2.05, 4.69) is 17.0 Å². The fraction of sp³-hybridized carbons (Fsp3) is 0.211. The summed E-state index contributed by atoms with van der Waals surface area (Å²) in [6.07, 6.45) is 0.